The highest BCUT2D eigenvalue weighted by molar-refractivity contribution is 6.33. The van der Waals surface area contributed by atoms with E-state index >= 15 is 0 Å². The third-order valence-corrected chi connectivity index (χ3v) is 4.99. The summed E-state index contributed by atoms with van der Waals surface area (Å²) in [5.74, 6) is 0.701. The lowest BCUT2D eigenvalue weighted by atomic mass is 10.0. The number of rotatable bonds is 6. The molecule has 1 amide bonds. The smallest absolute Gasteiger partial charge is 0.252 e. The molecule has 0 bridgehead atoms. The highest BCUT2D eigenvalue weighted by Crippen LogP contribution is 2.26. The number of amides is 1. The minimum Gasteiger partial charge on any atom is -0.497 e. The summed E-state index contributed by atoms with van der Waals surface area (Å²) in [6, 6.07) is 15.4. The second-order valence-electron chi connectivity index (χ2n) is 6.22. The van der Waals surface area contributed by atoms with Gasteiger partial charge in [-0.15, -0.1) is 0 Å². The third-order valence-electron chi connectivity index (χ3n) is 4.66. The fraction of sp³-hybridized carbons (Fsp3) is 0.350. The van der Waals surface area contributed by atoms with Crippen LogP contribution in [-0.2, 0) is 0 Å². The van der Waals surface area contributed by atoms with Crippen molar-refractivity contribution in [3.63, 3.8) is 0 Å². The molecule has 3 rings (SSSR count). The zero-order valence-corrected chi connectivity index (χ0v) is 15.1. The van der Waals surface area contributed by atoms with Crippen LogP contribution >= 0.6 is 11.6 Å². The topological polar surface area (TPSA) is 41.6 Å². The van der Waals surface area contributed by atoms with E-state index in [4.69, 9.17) is 16.3 Å². The molecule has 0 aromatic heterocycles. The van der Waals surface area contributed by atoms with Crippen LogP contribution in [0.25, 0.3) is 0 Å². The van der Waals surface area contributed by atoms with E-state index in [0.29, 0.717) is 17.1 Å². The van der Waals surface area contributed by atoms with Crippen molar-refractivity contribution >= 4 is 17.5 Å². The van der Waals surface area contributed by atoms with Crippen molar-refractivity contribution in [2.75, 3.05) is 26.7 Å². The van der Waals surface area contributed by atoms with Crippen molar-refractivity contribution in [3.05, 3.63) is 64.7 Å². The molecule has 1 N–H and O–H groups in total. The predicted molar refractivity (Wildman–Crippen MR) is 100 cm³/mol. The number of hydrogen-bond acceptors (Lipinski definition) is 3. The molecule has 4 nitrogen and oxygen atoms in total. The summed E-state index contributed by atoms with van der Waals surface area (Å²) in [5, 5.41) is 3.52. The van der Waals surface area contributed by atoms with Crippen molar-refractivity contribution in [3.8, 4) is 5.75 Å². The molecule has 132 valence electrons. The van der Waals surface area contributed by atoms with Gasteiger partial charge in [-0.1, -0.05) is 35.9 Å². The number of nitrogens with zero attached hydrogens (tertiary/aromatic N) is 1. The van der Waals surface area contributed by atoms with Gasteiger partial charge in [0.25, 0.3) is 5.91 Å². The first-order chi connectivity index (χ1) is 12.2. The van der Waals surface area contributed by atoms with E-state index in [1.807, 2.05) is 24.3 Å². The van der Waals surface area contributed by atoms with Crippen LogP contribution in [0.1, 0.15) is 34.8 Å². The van der Waals surface area contributed by atoms with Gasteiger partial charge in [0.1, 0.15) is 5.75 Å². The Labute approximate surface area is 153 Å². The third kappa shape index (κ3) is 4.33. The van der Waals surface area contributed by atoms with Crippen LogP contribution in [0.4, 0.5) is 0 Å². The van der Waals surface area contributed by atoms with Crippen molar-refractivity contribution in [1.29, 1.82) is 0 Å². The average Bonchev–Trinajstić information content (AvgIpc) is 3.17. The van der Waals surface area contributed by atoms with Gasteiger partial charge in [0.2, 0.25) is 0 Å². The average molecular weight is 359 g/mol. The van der Waals surface area contributed by atoms with Gasteiger partial charge in [0, 0.05) is 6.54 Å². The highest BCUT2D eigenvalue weighted by atomic mass is 35.5. The number of methoxy groups -OCH3 is 1. The minimum atomic E-state index is -0.136. The van der Waals surface area contributed by atoms with Gasteiger partial charge in [0.05, 0.1) is 23.7 Å². The van der Waals surface area contributed by atoms with Crippen LogP contribution in [0.2, 0.25) is 5.02 Å². The maximum absolute atomic E-state index is 12.5. The molecule has 5 heteroatoms. The zero-order valence-electron chi connectivity index (χ0n) is 14.4. The SMILES string of the molecule is COc1ccc(C(CNC(=O)c2ccccc2Cl)N2CCCC2)cc1. The molecule has 1 fully saturated rings. The summed E-state index contributed by atoms with van der Waals surface area (Å²) >= 11 is 6.13. The Morgan fingerprint density at radius 1 is 1.16 bits per heavy atom. The summed E-state index contributed by atoms with van der Waals surface area (Å²) in [5.41, 5.74) is 1.70. The minimum absolute atomic E-state index is 0.136. The molecule has 1 atom stereocenters. The molecule has 1 saturated heterocycles. The van der Waals surface area contributed by atoms with E-state index in [0.717, 1.165) is 18.8 Å². The summed E-state index contributed by atoms with van der Waals surface area (Å²) in [6.07, 6.45) is 2.40. The lowest BCUT2D eigenvalue weighted by Gasteiger charge is -2.28. The number of likely N-dealkylation sites (tertiary alicyclic amines) is 1. The van der Waals surface area contributed by atoms with Gasteiger partial charge in [0.15, 0.2) is 0 Å². The molecule has 0 aliphatic carbocycles. The second-order valence-corrected chi connectivity index (χ2v) is 6.63. The molecule has 1 aliphatic heterocycles. The van der Waals surface area contributed by atoms with E-state index in [1.54, 1.807) is 19.2 Å². The zero-order chi connectivity index (χ0) is 17.6. The molecule has 0 saturated carbocycles. The summed E-state index contributed by atoms with van der Waals surface area (Å²) in [6.45, 7) is 2.66. The number of nitrogens with one attached hydrogen (secondary N) is 1. The summed E-state index contributed by atoms with van der Waals surface area (Å²) in [7, 11) is 1.66. The Morgan fingerprint density at radius 3 is 2.48 bits per heavy atom. The molecule has 1 aliphatic rings. The molecule has 0 spiro atoms. The van der Waals surface area contributed by atoms with Crippen molar-refractivity contribution in [2.45, 2.75) is 18.9 Å². The van der Waals surface area contributed by atoms with Gasteiger partial charge in [-0.2, -0.15) is 0 Å². The van der Waals surface area contributed by atoms with E-state index in [2.05, 4.69) is 22.3 Å². The van der Waals surface area contributed by atoms with Gasteiger partial charge >= 0.3 is 0 Å². The van der Waals surface area contributed by atoms with E-state index < -0.39 is 0 Å². The first-order valence-corrected chi connectivity index (χ1v) is 8.97. The fourth-order valence-corrected chi connectivity index (χ4v) is 3.49. The molecule has 1 unspecified atom stereocenters. The number of benzene rings is 2. The van der Waals surface area contributed by atoms with E-state index in [-0.39, 0.29) is 11.9 Å². The predicted octanol–water partition coefficient (Wildman–Crippen LogP) is 3.92. The normalized spacial score (nSPS) is 15.8. The highest BCUT2D eigenvalue weighted by Gasteiger charge is 2.24. The van der Waals surface area contributed by atoms with Crippen molar-refractivity contribution < 1.29 is 9.53 Å². The Balaban J connectivity index is 1.73. The molecular weight excluding hydrogens is 336 g/mol. The fourth-order valence-electron chi connectivity index (χ4n) is 3.27. The van der Waals surface area contributed by atoms with E-state index in [1.165, 1.54) is 18.4 Å². The van der Waals surface area contributed by atoms with Crippen molar-refractivity contribution in [1.82, 2.24) is 10.2 Å². The first-order valence-electron chi connectivity index (χ1n) is 8.60. The van der Waals surface area contributed by atoms with Gasteiger partial charge in [-0.05, 0) is 55.8 Å². The lowest BCUT2D eigenvalue weighted by Crippen LogP contribution is -2.36. The number of carbonyl (C=O) groups is 1. The Kier molecular flexibility index (Phi) is 5.95. The monoisotopic (exact) mass is 358 g/mol. The Hall–Kier alpha value is -2.04. The van der Waals surface area contributed by atoms with Crippen LogP contribution in [0.3, 0.4) is 0 Å². The molecule has 25 heavy (non-hydrogen) atoms. The Bertz CT molecular complexity index is 712. The summed E-state index contributed by atoms with van der Waals surface area (Å²) < 4.78 is 5.25. The summed E-state index contributed by atoms with van der Waals surface area (Å²) in [4.78, 5) is 14.9. The molecule has 0 radical (unpaired) electrons. The van der Waals surface area contributed by atoms with Crippen LogP contribution < -0.4 is 10.1 Å². The quantitative estimate of drug-likeness (QED) is 0.851. The molecule has 1 heterocycles. The molecular formula is C20H23ClN2O2. The van der Waals surface area contributed by atoms with Crippen LogP contribution in [0, 0.1) is 0 Å². The number of ether oxygens (including phenoxy) is 1. The lowest BCUT2D eigenvalue weighted by molar-refractivity contribution is 0.0938. The van der Waals surface area contributed by atoms with Crippen molar-refractivity contribution in [2.24, 2.45) is 0 Å². The largest absolute Gasteiger partial charge is 0.497 e. The maximum atomic E-state index is 12.5. The number of halogens is 1. The van der Waals surface area contributed by atoms with Gasteiger partial charge in [-0.3, -0.25) is 9.69 Å². The number of hydrogen-bond donors (Lipinski definition) is 1. The van der Waals surface area contributed by atoms with E-state index in [9.17, 15) is 4.79 Å². The molecule has 2 aromatic rings. The molecule has 2 aromatic carbocycles. The van der Waals surface area contributed by atoms with Gasteiger partial charge in [-0.25, -0.2) is 0 Å². The van der Waals surface area contributed by atoms with Gasteiger partial charge < -0.3 is 10.1 Å². The maximum Gasteiger partial charge on any atom is 0.252 e. The van der Waals surface area contributed by atoms with Crippen LogP contribution in [-0.4, -0.2) is 37.6 Å². The van der Waals surface area contributed by atoms with Crippen LogP contribution in [0.15, 0.2) is 48.5 Å². The number of carbonyl (C=O) groups excluding carboxylic acids is 1. The van der Waals surface area contributed by atoms with Crippen LogP contribution in [0.5, 0.6) is 5.75 Å². The standard InChI is InChI=1S/C20H23ClN2O2/c1-25-16-10-8-15(9-11-16)19(23-12-4-5-13-23)14-22-20(24)17-6-2-3-7-18(17)21/h2-3,6-11,19H,4-5,12-14H2,1H3,(H,22,24). The second kappa shape index (κ2) is 8.37. The first kappa shape index (κ1) is 17.8. The Morgan fingerprint density at radius 2 is 1.84 bits per heavy atom.